The van der Waals surface area contributed by atoms with Crippen LogP contribution < -0.4 is 4.74 Å². The molecule has 1 aliphatic heterocycles. The van der Waals surface area contributed by atoms with Crippen molar-refractivity contribution >= 4 is 22.9 Å². The van der Waals surface area contributed by atoms with E-state index >= 15 is 0 Å². The minimum atomic E-state index is -0.0858. The number of aromatic nitrogens is 4. The lowest BCUT2D eigenvalue weighted by Crippen LogP contribution is -2.39. The van der Waals surface area contributed by atoms with Crippen LogP contribution in [0.3, 0.4) is 0 Å². The Morgan fingerprint density at radius 3 is 3.19 bits per heavy atom. The van der Waals surface area contributed by atoms with Gasteiger partial charge in [-0.2, -0.15) is 15.9 Å². The van der Waals surface area contributed by atoms with Gasteiger partial charge in [0.15, 0.2) is 12.3 Å². The number of rotatable bonds is 7. The van der Waals surface area contributed by atoms with Crippen LogP contribution in [0.25, 0.3) is 5.65 Å². The van der Waals surface area contributed by atoms with Crippen molar-refractivity contribution in [3.05, 3.63) is 40.8 Å². The molecule has 0 N–H and O–H groups in total. The molecule has 26 heavy (non-hydrogen) atoms. The zero-order valence-electron chi connectivity index (χ0n) is 14.2. The Bertz CT molecular complexity index is 860. The van der Waals surface area contributed by atoms with Gasteiger partial charge in [0.25, 0.3) is 5.91 Å². The van der Waals surface area contributed by atoms with Crippen LogP contribution in [0.1, 0.15) is 18.4 Å². The molecule has 0 aromatic carbocycles. The topological polar surface area (TPSA) is 81.8 Å². The third-order valence-electron chi connectivity index (χ3n) is 4.23. The zero-order chi connectivity index (χ0) is 17.8. The van der Waals surface area contributed by atoms with Gasteiger partial charge in [-0.3, -0.25) is 4.79 Å². The van der Waals surface area contributed by atoms with Crippen molar-refractivity contribution < 1.29 is 14.3 Å². The fourth-order valence-electron chi connectivity index (χ4n) is 2.91. The number of hydrogen-bond acceptors (Lipinski definition) is 7. The third-order valence-corrected chi connectivity index (χ3v) is 4.97. The van der Waals surface area contributed by atoms with E-state index in [0.29, 0.717) is 24.6 Å². The van der Waals surface area contributed by atoms with Crippen LogP contribution >= 0.6 is 11.3 Å². The molecule has 0 aliphatic carbocycles. The highest BCUT2D eigenvalue weighted by atomic mass is 32.1. The van der Waals surface area contributed by atoms with Gasteiger partial charge in [0.05, 0.1) is 6.10 Å². The molecule has 1 amide bonds. The maximum absolute atomic E-state index is 12.7. The van der Waals surface area contributed by atoms with Crippen molar-refractivity contribution in [1.82, 2.24) is 24.7 Å². The summed E-state index contributed by atoms with van der Waals surface area (Å²) in [5, 5.41) is 15.9. The third kappa shape index (κ3) is 4.00. The zero-order valence-corrected chi connectivity index (χ0v) is 15.0. The van der Waals surface area contributed by atoms with Gasteiger partial charge < -0.3 is 14.4 Å². The normalized spacial score (nSPS) is 16.8. The van der Waals surface area contributed by atoms with Crippen LogP contribution in [0.4, 0.5) is 0 Å². The van der Waals surface area contributed by atoms with Crippen LogP contribution in [0.5, 0.6) is 5.88 Å². The Morgan fingerprint density at radius 2 is 2.38 bits per heavy atom. The van der Waals surface area contributed by atoms with Crippen molar-refractivity contribution in [2.24, 2.45) is 0 Å². The summed E-state index contributed by atoms with van der Waals surface area (Å²) in [6.45, 7) is 1.83. The molecule has 1 aliphatic rings. The van der Waals surface area contributed by atoms with Crippen molar-refractivity contribution in [3.8, 4) is 5.88 Å². The van der Waals surface area contributed by atoms with Crippen molar-refractivity contribution in [2.45, 2.75) is 25.5 Å². The lowest BCUT2D eigenvalue weighted by atomic mass is 10.2. The molecular formula is C17H19N5O3S. The predicted octanol–water partition coefficient (Wildman–Crippen LogP) is 1.77. The minimum absolute atomic E-state index is 0.0719. The molecule has 8 nitrogen and oxygen atoms in total. The molecule has 0 unspecified atom stereocenters. The smallest absolute Gasteiger partial charge is 0.260 e. The van der Waals surface area contributed by atoms with Crippen LogP contribution in [0.2, 0.25) is 0 Å². The quantitative estimate of drug-likeness (QED) is 0.628. The predicted molar refractivity (Wildman–Crippen MR) is 95.0 cm³/mol. The first-order valence-electron chi connectivity index (χ1n) is 8.48. The summed E-state index contributed by atoms with van der Waals surface area (Å²) in [5.74, 6) is 0.274. The Kier molecular flexibility index (Phi) is 5.07. The summed E-state index contributed by atoms with van der Waals surface area (Å²) in [6, 6.07) is 5.46. The number of carbonyl (C=O) groups is 1. The first-order chi connectivity index (χ1) is 12.8. The van der Waals surface area contributed by atoms with E-state index in [1.807, 2.05) is 11.4 Å². The molecule has 0 spiro atoms. The van der Waals surface area contributed by atoms with Gasteiger partial charge in [-0.25, -0.2) is 0 Å². The van der Waals surface area contributed by atoms with E-state index in [9.17, 15) is 4.79 Å². The first-order valence-corrected chi connectivity index (χ1v) is 9.42. The average Bonchev–Trinajstić information content (AvgIpc) is 3.40. The van der Waals surface area contributed by atoms with E-state index in [4.69, 9.17) is 9.47 Å². The van der Waals surface area contributed by atoms with Gasteiger partial charge in [-0.1, -0.05) is 0 Å². The van der Waals surface area contributed by atoms with Crippen molar-refractivity contribution in [3.63, 3.8) is 0 Å². The molecule has 1 atom stereocenters. The van der Waals surface area contributed by atoms with E-state index in [-0.39, 0.29) is 18.6 Å². The molecule has 0 bridgehead atoms. The maximum atomic E-state index is 12.7. The Balaban J connectivity index is 1.40. The summed E-state index contributed by atoms with van der Waals surface area (Å²) in [7, 11) is 0. The molecule has 4 heterocycles. The van der Waals surface area contributed by atoms with Crippen LogP contribution in [-0.2, 0) is 16.1 Å². The molecule has 3 aromatic rings. The summed E-state index contributed by atoms with van der Waals surface area (Å²) in [5.41, 5.74) is 1.74. The molecular weight excluding hydrogens is 354 g/mol. The molecule has 9 heteroatoms. The summed E-state index contributed by atoms with van der Waals surface area (Å²) in [6.07, 6.45) is 3.62. The van der Waals surface area contributed by atoms with Crippen molar-refractivity contribution in [2.75, 3.05) is 19.8 Å². The Hall–Kier alpha value is -2.52. The van der Waals surface area contributed by atoms with Gasteiger partial charge in [0.2, 0.25) is 5.88 Å². The Morgan fingerprint density at radius 1 is 1.42 bits per heavy atom. The van der Waals surface area contributed by atoms with E-state index in [1.54, 1.807) is 28.4 Å². The van der Waals surface area contributed by atoms with Crippen molar-refractivity contribution in [1.29, 1.82) is 0 Å². The van der Waals surface area contributed by atoms with E-state index in [0.717, 1.165) is 25.0 Å². The molecule has 3 aromatic heterocycles. The van der Waals surface area contributed by atoms with E-state index in [1.165, 1.54) is 10.8 Å². The van der Waals surface area contributed by atoms with Gasteiger partial charge in [0.1, 0.15) is 6.33 Å². The molecule has 136 valence electrons. The second-order valence-electron chi connectivity index (χ2n) is 6.13. The van der Waals surface area contributed by atoms with Crippen LogP contribution in [0, 0.1) is 0 Å². The number of amides is 1. The van der Waals surface area contributed by atoms with Gasteiger partial charge in [-0.15, -0.1) is 15.3 Å². The van der Waals surface area contributed by atoms with Gasteiger partial charge >= 0.3 is 0 Å². The number of carbonyl (C=O) groups excluding carboxylic acids is 1. The number of hydrogen-bond donors (Lipinski definition) is 0. The fraction of sp³-hybridized carbons (Fsp3) is 0.412. The molecule has 1 saturated heterocycles. The lowest BCUT2D eigenvalue weighted by molar-refractivity contribution is -0.135. The number of fused-ring (bicyclic) bond motifs is 1. The first kappa shape index (κ1) is 16.9. The Labute approximate surface area is 154 Å². The van der Waals surface area contributed by atoms with Crippen LogP contribution in [-0.4, -0.2) is 56.5 Å². The second kappa shape index (κ2) is 7.79. The summed E-state index contributed by atoms with van der Waals surface area (Å²) >= 11 is 1.62. The van der Waals surface area contributed by atoms with E-state index < -0.39 is 0 Å². The highest BCUT2D eigenvalue weighted by Gasteiger charge is 2.23. The molecule has 4 rings (SSSR count). The summed E-state index contributed by atoms with van der Waals surface area (Å²) in [4.78, 5) is 14.5. The average molecular weight is 373 g/mol. The second-order valence-corrected chi connectivity index (χ2v) is 6.91. The monoisotopic (exact) mass is 373 g/mol. The largest absolute Gasteiger partial charge is 0.467 e. The standard InChI is InChI=1S/C17H19N5O3S/c23-17(10-25-16-4-3-15-19-18-12-22(15)20-16)21(8-13-5-7-26-11-13)9-14-2-1-6-24-14/h3-5,7,11-12,14H,1-2,6,8-10H2/t14-/m1/s1. The minimum Gasteiger partial charge on any atom is -0.467 e. The number of thiophene rings is 1. The molecule has 0 radical (unpaired) electrons. The lowest BCUT2D eigenvalue weighted by Gasteiger charge is -2.25. The number of nitrogens with zero attached hydrogens (tertiary/aromatic N) is 5. The fourth-order valence-corrected chi connectivity index (χ4v) is 3.57. The van der Waals surface area contributed by atoms with Crippen LogP contribution in [0.15, 0.2) is 35.3 Å². The van der Waals surface area contributed by atoms with Gasteiger partial charge in [-0.05, 0) is 41.3 Å². The maximum Gasteiger partial charge on any atom is 0.260 e. The molecule has 1 fully saturated rings. The molecule has 0 saturated carbocycles. The summed E-state index contributed by atoms with van der Waals surface area (Å²) < 4.78 is 12.8. The van der Waals surface area contributed by atoms with Gasteiger partial charge in [0, 0.05) is 25.8 Å². The highest BCUT2D eigenvalue weighted by molar-refractivity contribution is 7.07. The SMILES string of the molecule is O=C(COc1ccc2nncn2n1)N(Cc1ccsc1)C[C@H]1CCCO1. The highest BCUT2D eigenvalue weighted by Crippen LogP contribution is 2.17. The van der Waals surface area contributed by atoms with E-state index in [2.05, 4.69) is 20.7 Å². The number of ether oxygens (including phenoxy) is 2.